The Kier molecular flexibility index (Phi) is 6.66. The second-order valence-electron chi connectivity index (χ2n) is 6.96. The maximum absolute atomic E-state index is 12.0. The van der Waals surface area contributed by atoms with E-state index in [4.69, 9.17) is 9.47 Å². The van der Waals surface area contributed by atoms with E-state index >= 15 is 0 Å². The molecule has 0 saturated heterocycles. The first-order chi connectivity index (χ1) is 12.8. The van der Waals surface area contributed by atoms with E-state index < -0.39 is 5.97 Å². The molecule has 0 unspecified atom stereocenters. The van der Waals surface area contributed by atoms with Crippen molar-refractivity contribution in [2.24, 2.45) is 0 Å². The number of aliphatic hydroxyl groups is 1. The molecule has 0 aromatic heterocycles. The van der Waals surface area contributed by atoms with Crippen molar-refractivity contribution in [2.45, 2.75) is 26.3 Å². The number of carbonyl (C=O) groups excluding carboxylic acids is 1. The Labute approximate surface area is 159 Å². The summed E-state index contributed by atoms with van der Waals surface area (Å²) in [7, 11) is 1.60. The third-order valence-corrected chi connectivity index (χ3v) is 3.43. The largest absolute Gasteiger partial charge is 0.508 e. The fourth-order valence-corrected chi connectivity index (χ4v) is 2.31. The van der Waals surface area contributed by atoms with Crippen LogP contribution >= 0.6 is 0 Å². The number of carbonyl (C=O) groups is 1. The molecule has 2 aromatic rings. The number of rotatable bonds is 6. The van der Waals surface area contributed by atoms with Crippen LogP contribution in [-0.2, 0) is 4.79 Å². The summed E-state index contributed by atoms with van der Waals surface area (Å²) < 4.78 is 10.3. The van der Waals surface area contributed by atoms with Gasteiger partial charge in [-0.3, -0.25) is 0 Å². The molecule has 0 bridgehead atoms. The summed E-state index contributed by atoms with van der Waals surface area (Å²) in [6.07, 6.45) is 2.54. The van der Waals surface area contributed by atoms with Gasteiger partial charge in [-0.05, 0) is 62.7 Å². The first kappa shape index (κ1) is 20.1. The predicted octanol–water partition coefficient (Wildman–Crippen LogP) is 4.47. The minimum Gasteiger partial charge on any atom is -0.508 e. The van der Waals surface area contributed by atoms with Crippen molar-refractivity contribution in [1.29, 1.82) is 0 Å². The summed E-state index contributed by atoms with van der Waals surface area (Å²) in [6, 6.07) is 16.1. The summed E-state index contributed by atoms with van der Waals surface area (Å²) >= 11 is 0. The summed E-state index contributed by atoms with van der Waals surface area (Å²) in [4.78, 5) is 12.0. The molecule has 2 aromatic carbocycles. The number of esters is 1. The molecule has 0 atom stereocenters. The average molecular weight is 367 g/mol. The molecule has 27 heavy (non-hydrogen) atoms. The van der Waals surface area contributed by atoms with Crippen LogP contribution in [-0.4, -0.2) is 23.7 Å². The molecular weight excluding hydrogens is 342 g/mol. The molecule has 0 saturated carbocycles. The topological polar surface area (TPSA) is 67.8 Å². The zero-order valence-electron chi connectivity index (χ0n) is 16.0. The van der Waals surface area contributed by atoms with Crippen LogP contribution in [0.3, 0.4) is 0 Å². The quantitative estimate of drug-likeness (QED) is 0.259. The molecule has 0 spiro atoms. The molecule has 5 heteroatoms. The number of ether oxygens (including phenoxy) is 2. The van der Waals surface area contributed by atoms with Gasteiger partial charge in [-0.25, -0.2) is 4.79 Å². The number of aliphatic hydroxyl groups excluding tert-OH is 1. The standard InChI is InChI=1S/C22H25NO4/c1-22(2,3)23-20(16-10-12-18(26-4)13-11-16)14-17(24)15-21(25)27-19-8-6-5-7-9-19/h5-15,23-24H,1-4H3/b17-15+,20-14-. The molecule has 2 rings (SSSR count). The molecule has 2 N–H and O–H groups in total. The Morgan fingerprint density at radius 2 is 1.59 bits per heavy atom. The number of nitrogens with one attached hydrogen (secondary N) is 1. The third kappa shape index (κ3) is 6.90. The second-order valence-corrected chi connectivity index (χ2v) is 6.96. The van der Waals surface area contributed by atoms with E-state index in [1.54, 1.807) is 31.4 Å². The van der Waals surface area contributed by atoms with Crippen molar-refractivity contribution in [3.63, 3.8) is 0 Å². The number of hydrogen-bond donors (Lipinski definition) is 2. The number of hydrogen-bond acceptors (Lipinski definition) is 5. The van der Waals surface area contributed by atoms with Crippen LogP contribution in [0.2, 0.25) is 0 Å². The van der Waals surface area contributed by atoms with Gasteiger partial charge in [0.15, 0.2) is 0 Å². The molecule has 0 fully saturated rings. The van der Waals surface area contributed by atoms with Crippen molar-refractivity contribution in [3.8, 4) is 11.5 Å². The van der Waals surface area contributed by atoms with Gasteiger partial charge >= 0.3 is 5.97 Å². The maximum atomic E-state index is 12.0. The van der Waals surface area contributed by atoms with Crippen LogP contribution in [0, 0.1) is 0 Å². The minimum absolute atomic E-state index is 0.210. The van der Waals surface area contributed by atoms with E-state index in [0.29, 0.717) is 11.4 Å². The van der Waals surface area contributed by atoms with E-state index in [-0.39, 0.29) is 11.3 Å². The van der Waals surface area contributed by atoms with Crippen LogP contribution in [0.1, 0.15) is 26.3 Å². The van der Waals surface area contributed by atoms with Crippen LogP contribution in [0.4, 0.5) is 0 Å². The van der Waals surface area contributed by atoms with Crippen LogP contribution in [0.25, 0.3) is 5.70 Å². The van der Waals surface area contributed by atoms with Gasteiger partial charge in [0.1, 0.15) is 17.3 Å². The molecule has 5 nitrogen and oxygen atoms in total. The summed E-state index contributed by atoms with van der Waals surface area (Å²) in [6.45, 7) is 6.03. The lowest BCUT2D eigenvalue weighted by Gasteiger charge is -2.24. The highest BCUT2D eigenvalue weighted by Gasteiger charge is 2.14. The SMILES string of the molecule is COc1ccc(/C(=C/C(O)=C\C(=O)Oc2ccccc2)NC(C)(C)C)cc1. The Bertz CT molecular complexity index is 816. The normalized spacial score (nSPS) is 12.4. The molecule has 0 amide bonds. The summed E-state index contributed by atoms with van der Waals surface area (Å²) in [5.41, 5.74) is 1.28. The predicted molar refractivity (Wildman–Crippen MR) is 107 cm³/mol. The molecular formula is C22H25NO4. The van der Waals surface area contributed by atoms with Gasteiger partial charge in [0, 0.05) is 17.3 Å². The Morgan fingerprint density at radius 3 is 2.15 bits per heavy atom. The summed E-state index contributed by atoms with van der Waals surface area (Å²) in [5, 5.41) is 13.6. The Hall–Kier alpha value is -3.21. The highest BCUT2D eigenvalue weighted by Crippen LogP contribution is 2.20. The van der Waals surface area contributed by atoms with Gasteiger partial charge < -0.3 is 19.9 Å². The van der Waals surface area contributed by atoms with E-state index in [2.05, 4.69) is 5.32 Å². The average Bonchev–Trinajstić information content (AvgIpc) is 2.60. The van der Waals surface area contributed by atoms with Crippen molar-refractivity contribution in [2.75, 3.05) is 7.11 Å². The van der Waals surface area contributed by atoms with Crippen molar-refractivity contribution < 1.29 is 19.4 Å². The molecule has 0 radical (unpaired) electrons. The van der Waals surface area contributed by atoms with Crippen molar-refractivity contribution in [1.82, 2.24) is 5.32 Å². The zero-order chi connectivity index (χ0) is 19.9. The summed E-state index contributed by atoms with van der Waals surface area (Å²) in [5.74, 6) is 0.289. The highest BCUT2D eigenvalue weighted by molar-refractivity contribution is 5.85. The minimum atomic E-state index is -0.653. The van der Waals surface area contributed by atoms with E-state index in [1.165, 1.54) is 6.08 Å². The number of para-hydroxylation sites is 1. The van der Waals surface area contributed by atoms with E-state index in [0.717, 1.165) is 17.4 Å². The first-order valence-electron chi connectivity index (χ1n) is 8.59. The van der Waals surface area contributed by atoms with Crippen molar-refractivity contribution >= 4 is 11.7 Å². The number of methoxy groups -OCH3 is 1. The van der Waals surface area contributed by atoms with Gasteiger partial charge in [0.25, 0.3) is 0 Å². The van der Waals surface area contributed by atoms with Crippen LogP contribution < -0.4 is 14.8 Å². The van der Waals surface area contributed by atoms with Gasteiger partial charge in [0.05, 0.1) is 13.2 Å². The molecule has 0 aliphatic rings. The lowest BCUT2D eigenvalue weighted by molar-refractivity contribution is -0.129. The lowest BCUT2D eigenvalue weighted by atomic mass is 10.0. The number of allylic oxidation sites excluding steroid dienone is 1. The Morgan fingerprint density at radius 1 is 0.963 bits per heavy atom. The molecule has 142 valence electrons. The van der Waals surface area contributed by atoms with E-state index in [9.17, 15) is 9.90 Å². The van der Waals surface area contributed by atoms with Gasteiger partial charge in [0.2, 0.25) is 0 Å². The fourth-order valence-electron chi connectivity index (χ4n) is 2.31. The first-order valence-corrected chi connectivity index (χ1v) is 8.59. The fraction of sp³-hybridized carbons (Fsp3) is 0.227. The smallest absolute Gasteiger partial charge is 0.339 e. The second kappa shape index (κ2) is 8.94. The third-order valence-electron chi connectivity index (χ3n) is 3.43. The van der Waals surface area contributed by atoms with Crippen LogP contribution in [0.15, 0.2) is 72.5 Å². The van der Waals surface area contributed by atoms with Crippen LogP contribution in [0.5, 0.6) is 11.5 Å². The van der Waals surface area contributed by atoms with E-state index in [1.807, 2.05) is 51.1 Å². The van der Waals surface area contributed by atoms with Gasteiger partial charge in [-0.15, -0.1) is 0 Å². The van der Waals surface area contributed by atoms with Gasteiger partial charge in [-0.1, -0.05) is 18.2 Å². The molecule has 0 aliphatic carbocycles. The monoisotopic (exact) mass is 367 g/mol. The Balaban J connectivity index is 2.24. The zero-order valence-corrected chi connectivity index (χ0v) is 16.0. The van der Waals surface area contributed by atoms with Crippen molar-refractivity contribution in [3.05, 3.63) is 78.1 Å². The highest BCUT2D eigenvalue weighted by atomic mass is 16.5. The lowest BCUT2D eigenvalue weighted by Crippen LogP contribution is -2.34. The maximum Gasteiger partial charge on any atom is 0.339 e. The molecule has 0 heterocycles. The number of benzene rings is 2. The van der Waals surface area contributed by atoms with Gasteiger partial charge in [-0.2, -0.15) is 0 Å². The molecule has 0 aliphatic heterocycles.